The fraction of sp³-hybridized carbons (Fsp3) is 0.210. The highest BCUT2D eigenvalue weighted by Gasteiger charge is 2.38. The number of benzene rings is 8. The van der Waals surface area contributed by atoms with Crippen LogP contribution in [0.3, 0.4) is 0 Å². The Morgan fingerprint density at radius 2 is 1.28 bits per heavy atom. The summed E-state index contributed by atoms with van der Waals surface area (Å²) in [5.74, 6) is 0.959. The van der Waals surface area contributed by atoms with Crippen LogP contribution >= 0.6 is 0 Å². The second kappa shape index (κ2) is 13.8. The molecule has 0 fully saturated rings. The third kappa shape index (κ3) is 5.89. The van der Waals surface area contributed by atoms with Gasteiger partial charge in [0.2, 0.25) is 0 Å². The molecule has 0 unspecified atom stereocenters. The lowest BCUT2D eigenvalue weighted by Crippen LogP contribution is -2.37. The zero-order valence-corrected chi connectivity index (χ0v) is 40.6. The first-order valence-corrected chi connectivity index (χ1v) is 24.6. The average molecular weight is 897 g/mol. The second-order valence-corrected chi connectivity index (χ2v) is 22.4. The van der Waals surface area contributed by atoms with E-state index in [0.717, 1.165) is 103 Å². The van der Waals surface area contributed by atoms with Crippen molar-refractivity contribution in [2.24, 2.45) is 7.05 Å². The number of aromatic nitrogens is 3. The lowest BCUT2D eigenvalue weighted by Gasteiger charge is -2.41. The molecule has 14 rings (SSSR count). The van der Waals surface area contributed by atoms with E-state index < -0.39 is 0 Å². The van der Waals surface area contributed by atoms with Crippen molar-refractivity contribution in [3.63, 3.8) is 0 Å². The summed E-state index contributed by atoms with van der Waals surface area (Å²) in [7, 11) is 2.88. The summed E-state index contributed by atoms with van der Waals surface area (Å²) < 4.78 is 18.3. The van der Waals surface area contributed by atoms with Gasteiger partial charge in [0.15, 0.2) is 7.28 Å². The summed E-state index contributed by atoms with van der Waals surface area (Å²) >= 11 is 0. The van der Waals surface area contributed by atoms with Crippen molar-refractivity contribution >= 4 is 106 Å². The fourth-order valence-electron chi connectivity index (χ4n) is 12.1. The standard InChI is InChI=1S/C62H53BN4O2/c1-60(2,3)35-18-20-36(21-19-35)64-48-32-56-42(43-27-45-46(30-55(43)69-56)62(6,7)25-24-61(45,4)5)26-40(48)38-22-23-39-41-29-54-44(37-16-12-13-17-53(37)68-54)28-50(41)67-51-33-52-49(31-47(51)63-57(38)58(39)67)65-59(66(52)8)34-14-10-9-11-15-34/h9-23,26-33,63-64H,24-25H2,1-8H3. The molecule has 0 saturated heterocycles. The van der Waals surface area contributed by atoms with Gasteiger partial charge in [-0.1, -0.05) is 127 Å². The zero-order valence-electron chi connectivity index (χ0n) is 40.6. The quantitative estimate of drug-likeness (QED) is 0.179. The molecule has 8 aromatic carbocycles. The number of nitrogens with one attached hydrogen (secondary N) is 1. The van der Waals surface area contributed by atoms with E-state index in [0.29, 0.717) is 0 Å². The number of anilines is 2. The molecule has 7 heteroatoms. The molecule has 0 saturated carbocycles. The lowest BCUT2D eigenvalue weighted by molar-refractivity contribution is 0.332. The molecule has 1 N–H and O–H groups in total. The lowest BCUT2D eigenvalue weighted by atomic mass is 9.59. The van der Waals surface area contributed by atoms with E-state index in [9.17, 15) is 0 Å². The molecular formula is C62H53BN4O2. The average Bonchev–Trinajstić information content (AvgIpc) is 4.07. The van der Waals surface area contributed by atoms with E-state index in [1.165, 1.54) is 60.5 Å². The van der Waals surface area contributed by atoms with Gasteiger partial charge >= 0.3 is 0 Å². The highest BCUT2D eigenvalue weighted by Crippen LogP contribution is 2.50. The Bertz CT molecular complexity index is 4170. The van der Waals surface area contributed by atoms with Crippen LogP contribution in [0.5, 0.6) is 0 Å². The summed E-state index contributed by atoms with van der Waals surface area (Å²) in [6.45, 7) is 16.4. The summed E-state index contributed by atoms with van der Waals surface area (Å²) in [6, 6.07) is 51.4. The molecule has 0 amide bonds. The van der Waals surface area contributed by atoms with Crippen molar-refractivity contribution in [3.05, 3.63) is 156 Å². The van der Waals surface area contributed by atoms with Crippen LogP contribution in [0.25, 0.3) is 105 Å². The number of aryl methyl sites for hydroxylation is 1. The third-order valence-electron chi connectivity index (χ3n) is 16.2. The number of rotatable bonds is 4. The highest BCUT2D eigenvalue weighted by molar-refractivity contribution is 6.73. The van der Waals surface area contributed by atoms with Gasteiger partial charge in [-0.05, 0) is 117 Å². The molecule has 0 bridgehead atoms. The number of hydrogen-bond acceptors (Lipinski definition) is 4. The van der Waals surface area contributed by atoms with Crippen molar-refractivity contribution in [1.82, 2.24) is 14.1 Å². The number of fused-ring (bicyclic) bond motifs is 13. The normalized spacial score (nSPS) is 15.2. The minimum atomic E-state index is 0.0472. The molecule has 4 aromatic heterocycles. The Hall–Kier alpha value is -7.51. The Morgan fingerprint density at radius 3 is 2.06 bits per heavy atom. The zero-order chi connectivity index (χ0) is 46.9. The second-order valence-electron chi connectivity index (χ2n) is 22.4. The number of para-hydroxylation sites is 1. The molecule has 2 aliphatic rings. The Morgan fingerprint density at radius 1 is 0.594 bits per heavy atom. The summed E-state index contributed by atoms with van der Waals surface area (Å²) in [4.78, 5) is 5.30. The van der Waals surface area contributed by atoms with Crippen LogP contribution in [-0.2, 0) is 23.3 Å². The van der Waals surface area contributed by atoms with Gasteiger partial charge in [-0.25, -0.2) is 4.98 Å². The van der Waals surface area contributed by atoms with E-state index in [2.05, 4.69) is 203 Å². The van der Waals surface area contributed by atoms with Crippen LogP contribution in [0.1, 0.15) is 78.0 Å². The maximum atomic E-state index is 6.94. The molecule has 1 aliphatic heterocycles. The van der Waals surface area contributed by atoms with Gasteiger partial charge in [-0.3, -0.25) is 0 Å². The maximum absolute atomic E-state index is 6.94. The number of nitrogens with zero attached hydrogens (tertiary/aromatic N) is 3. The Kier molecular flexibility index (Phi) is 8.12. The van der Waals surface area contributed by atoms with Gasteiger partial charge < -0.3 is 23.3 Å². The minimum absolute atomic E-state index is 0.0472. The van der Waals surface area contributed by atoms with Crippen molar-refractivity contribution < 1.29 is 8.83 Å². The molecule has 5 heterocycles. The van der Waals surface area contributed by atoms with Crippen LogP contribution in [0.4, 0.5) is 11.4 Å². The van der Waals surface area contributed by atoms with Crippen molar-refractivity contribution in [1.29, 1.82) is 0 Å². The van der Waals surface area contributed by atoms with Crippen LogP contribution in [0.15, 0.2) is 148 Å². The van der Waals surface area contributed by atoms with Crippen LogP contribution in [0, 0.1) is 0 Å². The monoisotopic (exact) mass is 896 g/mol. The van der Waals surface area contributed by atoms with E-state index in [1.807, 2.05) is 6.07 Å². The maximum Gasteiger partial charge on any atom is 0.198 e. The predicted octanol–water partition coefficient (Wildman–Crippen LogP) is 14.9. The molecule has 1 aliphatic carbocycles. The first kappa shape index (κ1) is 40.6. The molecule has 69 heavy (non-hydrogen) atoms. The number of furan rings is 2. The van der Waals surface area contributed by atoms with Crippen LogP contribution < -0.4 is 16.2 Å². The van der Waals surface area contributed by atoms with Crippen LogP contribution in [0.2, 0.25) is 0 Å². The number of hydrogen-bond donors (Lipinski definition) is 1. The van der Waals surface area contributed by atoms with Gasteiger partial charge in [-0.15, -0.1) is 0 Å². The number of imidazole rings is 1. The van der Waals surface area contributed by atoms with Gasteiger partial charge in [0, 0.05) is 73.4 Å². The SMILES string of the molecule is Cn1c(-c2ccccc2)nc2cc3c(cc21)-n1c2cc4c(cc2c2ccc(-c5cc6c(cc5Nc5ccc(C(C)(C)C)cc5)oc5cc7c(cc56)C(C)(C)CCC7(C)C)c(c21)B3)oc1ccccc14. The predicted molar refractivity (Wildman–Crippen MR) is 291 cm³/mol. The molecule has 12 aromatic rings. The fourth-order valence-corrected chi connectivity index (χ4v) is 12.1. The van der Waals surface area contributed by atoms with Crippen LogP contribution in [-0.4, -0.2) is 21.4 Å². The van der Waals surface area contributed by atoms with Gasteiger partial charge in [-0.2, -0.15) is 0 Å². The van der Waals surface area contributed by atoms with E-state index >= 15 is 0 Å². The smallest absolute Gasteiger partial charge is 0.198 e. The summed E-state index contributed by atoms with van der Waals surface area (Å²) in [5, 5.41) is 10.9. The van der Waals surface area contributed by atoms with Gasteiger partial charge in [0.1, 0.15) is 28.2 Å². The molecular weight excluding hydrogens is 844 g/mol. The van der Waals surface area contributed by atoms with E-state index in [-0.39, 0.29) is 16.2 Å². The van der Waals surface area contributed by atoms with Gasteiger partial charge in [0.05, 0.1) is 22.2 Å². The highest BCUT2D eigenvalue weighted by atomic mass is 16.3. The van der Waals surface area contributed by atoms with Gasteiger partial charge in [0.25, 0.3) is 0 Å². The Labute approximate surface area is 401 Å². The first-order chi connectivity index (χ1) is 33.2. The third-order valence-corrected chi connectivity index (χ3v) is 16.2. The molecule has 336 valence electrons. The van der Waals surface area contributed by atoms with Crippen molar-refractivity contribution in [2.75, 3.05) is 5.32 Å². The largest absolute Gasteiger partial charge is 0.456 e. The summed E-state index contributed by atoms with van der Waals surface area (Å²) in [6.07, 6.45) is 2.31. The van der Waals surface area contributed by atoms with Crippen molar-refractivity contribution in [2.45, 2.75) is 77.6 Å². The molecule has 0 atom stereocenters. The summed E-state index contributed by atoms with van der Waals surface area (Å²) in [5.41, 5.74) is 21.7. The van der Waals surface area contributed by atoms with E-state index in [4.69, 9.17) is 13.8 Å². The first-order valence-electron chi connectivity index (χ1n) is 24.6. The van der Waals surface area contributed by atoms with Crippen molar-refractivity contribution in [3.8, 4) is 28.2 Å². The van der Waals surface area contributed by atoms with E-state index in [1.54, 1.807) is 0 Å². The Balaban J connectivity index is 1.05. The molecule has 0 radical (unpaired) electrons. The topological polar surface area (TPSA) is 61.1 Å². The molecule has 6 nitrogen and oxygen atoms in total. The molecule has 0 spiro atoms. The minimum Gasteiger partial charge on any atom is -0.456 e.